The van der Waals surface area contributed by atoms with E-state index in [0.717, 1.165) is 22.3 Å². The van der Waals surface area contributed by atoms with E-state index in [0.29, 0.717) is 11.6 Å². The van der Waals surface area contributed by atoms with Crippen molar-refractivity contribution in [2.24, 2.45) is 0 Å². The van der Waals surface area contributed by atoms with Crippen molar-refractivity contribution in [2.75, 3.05) is 5.32 Å². The number of benzene rings is 1. The second-order valence-electron chi connectivity index (χ2n) is 5.65. The Labute approximate surface area is 148 Å². The summed E-state index contributed by atoms with van der Waals surface area (Å²) in [6.45, 7) is 2.10. The van der Waals surface area contributed by atoms with Gasteiger partial charge in [0.2, 0.25) is 5.91 Å². The number of hydrogen-bond donors (Lipinski definition) is 1. The molecular weight excluding hydrogens is 334 g/mol. The first-order valence-electron chi connectivity index (χ1n) is 7.77. The number of amides is 1. The highest BCUT2D eigenvalue weighted by molar-refractivity contribution is 7.07. The van der Waals surface area contributed by atoms with Crippen molar-refractivity contribution >= 4 is 34.1 Å². The zero-order valence-corrected chi connectivity index (χ0v) is 14.3. The quantitative estimate of drug-likeness (QED) is 0.612. The molecule has 4 aromatic rings. The van der Waals surface area contributed by atoms with E-state index in [4.69, 9.17) is 0 Å². The minimum atomic E-state index is -0.155. The monoisotopic (exact) mass is 349 g/mol. The molecule has 6 nitrogen and oxygen atoms in total. The van der Waals surface area contributed by atoms with E-state index in [1.807, 2.05) is 53.3 Å². The SMILES string of the molecule is Cc1ccnc(NC(=O)Cn2c(-c3cscn3)nc3ccccc32)c1. The van der Waals surface area contributed by atoms with E-state index < -0.39 is 0 Å². The van der Waals surface area contributed by atoms with Gasteiger partial charge in [0.15, 0.2) is 5.82 Å². The van der Waals surface area contributed by atoms with Crippen LogP contribution in [0, 0.1) is 6.92 Å². The fourth-order valence-electron chi connectivity index (χ4n) is 2.68. The summed E-state index contributed by atoms with van der Waals surface area (Å²) in [6, 6.07) is 11.5. The van der Waals surface area contributed by atoms with E-state index >= 15 is 0 Å². The maximum absolute atomic E-state index is 12.5. The second-order valence-corrected chi connectivity index (χ2v) is 6.37. The minimum absolute atomic E-state index is 0.142. The molecule has 4 rings (SSSR count). The van der Waals surface area contributed by atoms with Crippen molar-refractivity contribution in [3.63, 3.8) is 0 Å². The number of aryl methyl sites for hydroxylation is 1. The van der Waals surface area contributed by atoms with Crippen LogP contribution in [0.1, 0.15) is 5.56 Å². The molecule has 124 valence electrons. The Morgan fingerprint density at radius 1 is 1.24 bits per heavy atom. The summed E-state index contributed by atoms with van der Waals surface area (Å²) in [5, 5.41) is 4.77. The van der Waals surface area contributed by atoms with Crippen molar-refractivity contribution in [1.82, 2.24) is 19.5 Å². The molecule has 0 spiro atoms. The van der Waals surface area contributed by atoms with Gasteiger partial charge in [-0.2, -0.15) is 0 Å². The molecule has 3 heterocycles. The summed E-state index contributed by atoms with van der Waals surface area (Å²) in [6.07, 6.45) is 1.68. The van der Waals surface area contributed by atoms with Crippen LogP contribution in [0.4, 0.5) is 5.82 Å². The standard InChI is InChI=1S/C18H15N5OS/c1-12-6-7-19-16(8-12)22-17(24)9-23-15-5-3-2-4-13(15)21-18(23)14-10-25-11-20-14/h2-8,10-11H,9H2,1H3,(H,19,22,24). The molecule has 7 heteroatoms. The maximum Gasteiger partial charge on any atom is 0.245 e. The molecule has 0 saturated heterocycles. The minimum Gasteiger partial charge on any atom is -0.313 e. The zero-order chi connectivity index (χ0) is 17.2. The van der Waals surface area contributed by atoms with Gasteiger partial charge >= 0.3 is 0 Å². The third-order valence-corrected chi connectivity index (χ3v) is 4.39. The third-order valence-electron chi connectivity index (χ3n) is 3.80. The average Bonchev–Trinajstić information content (AvgIpc) is 3.23. The zero-order valence-electron chi connectivity index (χ0n) is 13.5. The molecule has 0 unspecified atom stereocenters. The number of nitrogens with one attached hydrogen (secondary N) is 1. The number of carbonyl (C=O) groups excluding carboxylic acids is 1. The maximum atomic E-state index is 12.5. The Morgan fingerprint density at radius 2 is 2.12 bits per heavy atom. The Balaban J connectivity index is 1.68. The number of rotatable bonds is 4. The predicted octanol–water partition coefficient (Wildman–Crippen LogP) is 3.50. The van der Waals surface area contributed by atoms with Gasteiger partial charge in [0, 0.05) is 11.6 Å². The van der Waals surface area contributed by atoms with Crippen molar-refractivity contribution in [2.45, 2.75) is 13.5 Å². The van der Waals surface area contributed by atoms with Crippen LogP contribution in [0.25, 0.3) is 22.6 Å². The summed E-state index contributed by atoms with van der Waals surface area (Å²) in [5.41, 5.74) is 5.31. The molecule has 0 aliphatic rings. The number of hydrogen-bond acceptors (Lipinski definition) is 5. The van der Waals surface area contributed by atoms with Gasteiger partial charge in [0.05, 0.1) is 16.5 Å². The van der Waals surface area contributed by atoms with E-state index in [9.17, 15) is 4.79 Å². The van der Waals surface area contributed by atoms with E-state index in [1.54, 1.807) is 11.7 Å². The molecule has 0 fully saturated rings. The first-order valence-corrected chi connectivity index (χ1v) is 8.71. The van der Waals surface area contributed by atoms with Gasteiger partial charge in [-0.05, 0) is 36.8 Å². The molecule has 0 saturated carbocycles. The van der Waals surface area contributed by atoms with Gasteiger partial charge in [0.1, 0.15) is 18.1 Å². The van der Waals surface area contributed by atoms with Crippen LogP contribution in [0.5, 0.6) is 0 Å². The van der Waals surface area contributed by atoms with E-state index in [2.05, 4.69) is 20.3 Å². The highest BCUT2D eigenvalue weighted by Crippen LogP contribution is 2.24. The summed E-state index contributed by atoms with van der Waals surface area (Å²) in [4.78, 5) is 25.7. The van der Waals surface area contributed by atoms with Crippen molar-refractivity contribution in [3.8, 4) is 11.5 Å². The van der Waals surface area contributed by atoms with Crippen LogP contribution in [0.3, 0.4) is 0 Å². The Bertz CT molecular complexity index is 1040. The summed E-state index contributed by atoms with van der Waals surface area (Å²) in [7, 11) is 0. The number of fused-ring (bicyclic) bond motifs is 1. The molecule has 0 aliphatic carbocycles. The van der Waals surface area contributed by atoms with Gasteiger partial charge < -0.3 is 9.88 Å². The lowest BCUT2D eigenvalue weighted by molar-refractivity contribution is -0.116. The molecule has 1 aromatic carbocycles. The third kappa shape index (κ3) is 3.14. The lowest BCUT2D eigenvalue weighted by Crippen LogP contribution is -2.20. The highest BCUT2D eigenvalue weighted by atomic mass is 32.1. The van der Waals surface area contributed by atoms with Gasteiger partial charge in [-0.3, -0.25) is 4.79 Å². The van der Waals surface area contributed by atoms with Crippen molar-refractivity contribution in [1.29, 1.82) is 0 Å². The molecular formula is C18H15N5OS. The molecule has 25 heavy (non-hydrogen) atoms. The summed E-state index contributed by atoms with van der Waals surface area (Å²) >= 11 is 1.50. The number of aromatic nitrogens is 4. The number of carbonyl (C=O) groups is 1. The first kappa shape index (κ1) is 15.5. The molecule has 0 bridgehead atoms. The normalized spacial score (nSPS) is 10.9. The summed E-state index contributed by atoms with van der Waals surface area (Å²) < 4.78 is 1.88. The van der Waals surface area contributed by atoms with E-state index in [-0.39, 0.29) is 12.5 Å². The van der Waals surface area contributed by atoms with Crippen molar-refractivity contribution < 1.29 is 4.79 Å². The van der Waals surface area contributed by atoms with Gasteiger partial charge in [-0.1, -0.05) is 12.1 Å². The van der Waals surface area contributed by atoms with Gasteiger partial charge in [0.25, 0.3) is 0 Å². The van der Waals surface area contributed by atoms with Crippen LogP contribution in [0.2, 0.25) is 0 Å². The topological polar surface area (TPSA) is 72.7 Å². The van der Waals surface area contributed by atoms with Crippen LogP contribution in [-0.4, -0.2) is 25.4 Å². The molecule has 3 aromatic heterocycles. The first-order chi connectivity index (χ1) is 12.2. The lowest BCUT2D eigenvalue weighted by atomic mass is 10.3. The number of pyridine rings is 1. The second kappa shape index (κ2) is 6.45. The fraction of sp³-hybridized carbons (Fsp3) is 0.111. The average molecular weight is 349 g/mol. The smallest absolute Gasteiger partial charge is 0.245 e. The Kier molecular flexibility index (Phi) is 3.99. The Morgan fingerprint density at radius 3 is 2.92 bits per heavy atom. The highest BCUT2D eigenvalue weighted by Gasteiger charge is 2.16. The lowest BCUT2D eigenvalue weighted by Gasteiger charge is -2.09. The van der Waals surface area contributed by atoms with Crippen molar-refractivity contribution in [3.05, 3.63) is 59.0 Å². The molecule has 1 amide bonds. The molecule has 0 radical (unpaired) electrons. The van der Waals surface area contributed by atoms with Gasteiger partial charge in [-0.25, -0.2) is 15.0 Å². The fourth-order valence-corrected chi connectivity index (χ4v) is 3.22. The molecule has 0 atom stereocenters. The van der Waals surface area contributed by atoms with Crippen LogP contribution < -0.4 is 5.32 Å². The van der Waals surface area contributed by atoms with Crippen LogP contribution in [-0.2, 0) is 11.3 Å². The number of thiazole rings is 1. The van der Waals surface area contributed by atoms with Crippen LogP contribution >= 0.6 is 11.3 Å². The predicted molar refractivity (Wildman–Crippen MR) is 98.4 cm³/mol. The Hall–Kier alpha value is -3.06. The number of nitrogens with zero attached hydrogens (tertiary/aromatic N) is 4. The van der Waals surface area contributed by atoms with Gasteiger partial charge in [-0.15, -0.1) is 11.3 Å². The molecule has 1 N–H and O–H groups in total. The van der Waals surface area contributed by atoms with E-state index in [1.165, 1.54) is 11.3 Å². The molecule has 0 aliphatic heterocycles. The number of imidazole rings is 1. The largest absolute Gasteiger partial charge is 0.313 e. The number of anilines is 1. The summed E-state index contributed by atoms with van der Waals surface area (Å²) in [5.74, 6) is 1.08. The number of para-hydroxylation sites is 2. The van der Waals surface area contributed by atoms with Crippen LogP contribution in [0.15, 0.2) is 53.5 Å².